The summed E-state index contributed by atoms with van der Waals surface area (Å²) in [5, 5.41) is 10.7. The maximum atomic E-state index is 11.9. The van der Waals surface area contributed by atoms with E-state index in [4.69, 9.17) is 11.6 Å². The average Bonchev–Trinajstić information content (AvgIpc) is 2.27. The summed E-state index contributed by atoms with van der Waals surface area (Å²) in [6.45, 7) is 0.390. The smallest absolute Gasteiger partial charge is 0.271 e. The Labute approximate surface area is 112 Å². The lowest BCUT2D eigenvalue weighted by atomic mass is 10.2. The first-order valence-corrected chi connectivity index (χ1v) is 6.05. The van der Waals surface area contributed by atoms with Gasteiger partial charge in [-0.1, -0.05) is 15.9 Å². The molecule has 1 aromatic carbocycles. The highest BCUT2D eigenvalue weighted by atomic mass is 79.9. The predicted octanol–water partition coefficient (Wildman–Crippen LogP) is 2.67. The van der Waals surface area contributed by atoms with Gasteiger partial charge in [-0.3, -0.25) is 14.9 Å². The van der Waals surface area contributed by atoms with Crippen molar-refractivity contribution in [2.24, 2.45) is 0 Å². The van der Waals surface area contributed by atoms with Crippen LogP contribution >= 0.6 is 27.5 Å². The maximum absolute atomic E-state index is 11.9. The van der Waals surface area contributed by atoms with Crippen molar-refractivity contribution < 1.29 is 9.72 Å². The minimum absolute atomic E-state index is 0.123. The molecule has 0 unspecified atom stereocenters. The molecule has 5 nitrogen and oxygen atoms in total. The van der Waals surface area contributed by atoms with Crippen LogP contribution in [0.3, 0.4) is 0 Å². The Morgan fingerprint density at radius 2 is 2.18 bits per heavy atom. The van der Waals surface area contributed by atoms with Crippen molar-refractivity contribution in [1.29, 1.82) is 0 Å². The van der Waals surface area contributed by atoms with Crippen LogP contribution in [0.25, 0.3) is 0 Å². The minimum atomic E-state index is -0.539. The Balaban J connectivity index is 3.05. The second-order valence-corrected chi connectivity index (χ2v) is 4.66. The molecular formula is C10H10BrClN2O3. The second-order valence-electron chi connectivity index (χ2n) is 3.37. The number of halogens is 2. The van der Waals surface area contributed by atoms with E-state index < -0.39 is 4.92 Å². The highest BCUT2D eigenvalue weighted by molar-refractivity contribution is 9.10. The lowest BCUT2D eigenvalue weighted by Gasteiger charge is -2.15. The van der Waals surface area contributed by atoms with Gasteiger partial charge in [0.25, 0.3) is 11.6 Å². The number of nitro groups is 1. The Kier molecular flexibility index (Phi) is 4.89. The van der Waals surface area contributed by atoms with Gasteiger partial charge in [-0.2, -0.15) is 0 Å². The molecular weight excluding hydrogens is 311 g/mol. The van der Waals surface area contributed by atoms with Gasteiger partial charge in [-0.25, -0.2) is 0 Å². The number of alkyl halides is 1. The van der Waals surface area contributed by atoms with E-state index in [0.29, 0.717) is 16.9 Å². The molecule has 7 heteroatoms. The maximum Gasteiger partial charge on any atom is 0.271 e. The molecule has 0 heterocycles. The summed E-state index contributed by atoms with van der Waals surface area (Å²) >= 11 is 8.67. The third kappa shape index (κ3) is 3.67. The molecule has 0 spiro atoms. The van der Waals surface area contributed by atoms with Gasteiger partial charge in [0.05, 0.1) is 4.92 Å². The third-order valence-corrected chi connectivity index (χ3v) is 2.73. The number of hydrogen-bond acceptors (Lipinski definition) is 3. The van der Waals surface area contributed by atoms with Crippen molar-refractivity contribution in [1.82, 2.24) is 4.90 Å². The molecule has 1 aromatic rings. The number of carbonyl (C=O) groups excluding carboxylic acids is 1. The molecule has 0 saturated heterocycles. The van der Waals surface area contributed by atoms with E-state index in [2.05, 4.69) is 15.9 Å². The summed E-state index contributed by atoms with van der Waals surface area (Å²) in [7, 11) is 1.59. The van der Waals surface area contributed by atoms with Gasteiger partial charge < -0.3 is 4.90 Å². The Hall–Kier alpha value is -1.14. The van der Waals surface area contributed by atoms with Gasteiger partial charge in [-0.15, -0.1) is 11.6 Å². The van der Waals surface area contributed by atoms with Crippen LogP contribution in [0, 0.1) is 10.1 Å². The van der Waals surface area contributed by atoms with Crippen LogP contribution in [0.15, 0.2) is 22.7 Å². The standard InChI is InChI=1S/C10H10BrClN2O3/c1-13(3-2-12)10(15)7-4-8(11)6-9(5-7)14(16)17/h4-6H,2-3H2,1H3. The van der Waals surface area contributed by atoms with Gasteiger partial charge in [0.15, 0.2) is 0 Å². The lowest BCUT2D eigenvalue weighted by molar-refractivity contribution is -0.385. The molecule has 0 radical (unpaired) electrons. The lowest BCUT2D eigenvalue weighted by Crippen LogP contribution is -2.28. The molecule has 0 N–H and O–H groups in total. The van der Waals surface area contributed by atoms with Crippen molar-refractivity contribution in [2.75, 3.05) is 19.5 Å². The molecule has 0 aromatic heterocycles. The van der Waals surface area contributed by atoms with Crippen LogP contribution in [0.2, 0.25) is 0 Å². The predicted molar refractivity (Wildman–Crippen MR) is 68.5 cm³/mol. The van der Waals surface area contributed by atoms with Crippen molar-refractivity contribution in [3.8, 4) is 0 Å². The van der Waals surface area contributed by atoms with Gasteiger partial charge in [0.1, 0.15) is 0 Å². The second kappa shape index (κ2) is 5.97. The summed E-state index contributed by atoms with van der Waals surface area (Å²) in [6, 6.07) is 4.14. The largest absolute Gasteiger partial charge is 0.341 e. The number of nitro benzene ring substituents is 1. The molecule has 0 aliphatic heterocycles. The average molecular weight is 322 g/mol. The van der Waals surface area contributed by atoms with Crippen molar-refractivity contribution in [2.45, 2.75) is 0 Å². The number of amides is 1. The highest BCUT2D eigenvalue weighted by Gasteiger charge is 2.16. The van der Waals surface area contributed by atoms with E-state index in [1.165, 1.54) is 17.0 Å². The Morgan fingerprint density at radius 1 is 1.53 bits per heavy atom. The molecule has 0 bridgehead atoms. The van der Waals surface area contributed by atoms with E-state index in [-0.39, 0.29) is 17.2 Å². The molecule has 1 amide bonds. The van der Waals surface area contributed by atoms with Crippen molar-refractivity contribution in [3.63, 3.8) is 0 Å². The first-order chi connectivity index (χ1) is 7.95. The van der Waals surface area contributed by atoms with Gasteiger partial charge in [0.2, 0.25) is 0 Å². The quantitative estimate of drug-likeness (QED) is 0.486. The topological polar surface area (TPSA) is 63.5 Å². The number of non-ortho nitro benzene ring substituents is 1. The summed E-state index contributed by atoms with van der Waals surface area (Å²) in [5.41, 5.74) is 0.140. The first kappa shape index (κ1) is 13.9. The molecule has 1 rings (SSSR count). The number of nitrogens with zero attached hydrogens (tertiary/aromatic N) is 2. The summed E-state index contributed by atoms with van der Waals surface area (Å²) in [6.07, 6.45) is 0. The Bertz CT molecular complexity index is 453. The summed E-state index contributed by atoms with van der Waals surface area (Å²) < 4.78 is 0.495. The molecule has 0 aliphatic rings. The van der Waals surface area contributed by atoms with Gasteiger partial charge in [0, 0.05) is 41.6 Å². The normalized spacial score (nSPS) is 10.1. The van der Waals surface area contributed by atoms with Crippen molar-refractivity contribution >= 4 is 39.1 Å². The molecule has 0 aliphatic carbocycles. The molecule has 0 atom stereocenters. The van der Waals surface area contributed by atoms with Crippen molar-refractivity contribution in [3.05, 3.63) is 38.3 Å². The number of carbonyl (C=O) groups is 1. The van der Waals surface area contributed by atoms with Crippen LogP contribution in [-0.4, -0.2) is 35.2 Å². The zero-order valence-electron chi connectivity index (χ0n) is 9.02. The van der Waals surface area contributed by atoms with Gasteiger partial charge >= 0.3 is 0 Å². The Morgan fingerprint density at radius 3 is 2.71 bits per heavy atom. The zero-order valence-corrected chi connectivity index (χ0v) is 11.4. The number of hydrogen-bond donors (Lipinski definition) is 0. The fourth-order valence-corrected chi connectivity index (χ4v) is 1.99. The van der Waals surface area contributed by atoms with Crippen LogP contribution in [0.4, 0.5) is 5.69 Å². The van der Waals surface area contributed by atoms with E-state index >= 15 is 0 Å². The minimum Gasteiger partial charge on any atom is -0.341 e. The van der Waals surface area contributed by atoms with Crippen LogP contribution < -0.4 is 0 Å². The number of benzene rings is 1. The SMILES string of the molecule is CN(CCCl)C(=O)c1cc(Br)cc([N+](=O)[O-])c1. The third-order valence-electron chi connectivity index (χ3n) is 2.11. The van der Waals surface area contributed by atoms with E-state index in [1.807, 2.05) is 0 Å². The van der Waals surface area contributed by atoms with Crippen LogP contribution in [0.1, 0.15) is 10.4 Å². The van der Waals surface area contributed by atoms with Gasteiger partial charge in [-0.05, 0) is 6.07 Å². The molecule has 0 saturated carbocycles. The van der Waals surface area contributed by atoms with E-state index in [1.54, 1.807) is 13.1 Å². The van der Waals surface area contributed by atoms with Crippen LogP contribution in [0.5, 0.6) is 0 Å². The first-order valence-electron chi connectivity index (χ1n) is 4.72. The fraction of sp³-hybridized carbons (Fsp3) is 0.300. The summed E-state index contributed by atoms with van der Waals surface area (Å²) in [5.74, 6) is 0.0215. The van der Waals surface area contributed by atoms with Crippen LogP contribution in [-0.2, 0) is 0 Å². The molecule has 17 heavy (non-hydrogen) atoms. The van der Waals surface area contributed by atoms with E-state index in [9.17, 15) is 14.9 Å². The number of rotatable bonds is 4. The summed E-state index contributed by atoms with van der Waals surface area (Å²) in [4.78, 5) is 23.4. The fourth-order valence-electron chi connectivity index (χ4n) is 1.25. The zero-order chi connectivity index (χ0) is 13.0. The molecule has 92 valence electrons. The highest BCUT2D eigenvalue weighted by Crippen LogP contribution is 2.22. The monoisotopic (exact) mass is 320 g/mol. The molecule has 0 fully saturated rings. The van der Waals surface area contributed by atoms with E-state index in [0.717, 1.165) is 0 Å².